The zero-order chi connectivity index (χ0) is 14.3. The van der Waals surface area contributed by atoms with E-state index in [0.717, 1.165) is 30.5 Å². The third-order valence-electron chi connectivity index (χ3n) is 4.18. The van der Waals surface area contributed by atoms with E-state index in [9.17, 15) is 15.2 Å². The van der Waals surface area contributed by atoms with Crippen LogP contribution in [0.15, 0.2) is 6.07 Å². The molecule has 20 heavy (non-hydrogen) atoms. The van der Waals surface area contributed by atoms with Gasteiger partial charge in [-0.15, -0.1) is 0 Å². The molecule has 0 amide bonds. The molecular weight excluding hydrogens is 256 g/mol. The fraction of sp³-hybridized carbons (Fsp3) is 0.500. The van der Waals surface area contributed by atoms with Gasteiger partial charge in [-0.05, 0) is 37.3 Å². The third kappa shape index (κ3) is 1.91. The average Bonchev–Trinajstić information content (AvgIpc) is 3.03. The number of carboxylic acids is 1. The number of pyridine rings is 1. The van der Waals surface area contributed by atoms with Crippen LogP contribution in [-0.2, 0) is 17.6 Å². The number of nitrogens with zero attached hydrogens (tertiary/aromatic N) is 3. The van der Waals surface area contributed by atoms with Crippen LogP contribution in [0.5, 0.6) is 0 Å². The summed E-state index contributed by atoms with van der Waals surface area (Å²) < 4.78 is 0. The Morgan fingerprint density at radius 1 is 1.55 bits per heavy atom. The van der Waals surface area contributed by atoms with E-state index in [0.29, 0.717) is 24.3 Å². The summed E-state index contributed by atoms with van der Waals surface area (Å²) in [5.41, 5.74) is 7.33. The SMILES string of the molecule is N#Cc1cc2c(nc1N1CCC(N)(C(=O)O)C1)CCC2. The fourth-order valence-corrected chi connectivity index (χ4v) is 2.97. The molecule has 0 spiro atoms. The number of hydrogen-bond donors (Lipinski definition) is 2. The number of aliphatic carboxylic acids is 1. The van der Waals surface area contributed by atoms with Gasteiger partial charge in [0.15, 0.2) is 0 Å². The topological polar surface area (TPSA) is 103 Å². The molecule has 0 aromatic carbocycles. The van der Waals surface area contributed by atoms with Crippen molar-refractivity contribution in [1.82, 2.24) is 4.98 Å². The highest BCUT2D eigenvalue weighted by molar-refractivity contribution is 5.80. The Bertz CT molecular complexity index is 622. The molecule has 104 valence electrons. The summed E-state index contributed by atoms with van der Waals surface area (Å²) in [6.07, 6.45) is 3.32. The van der Waals surface area contributed by atoms with Crippen LogP contribution in [0.2, 0.25) is 0 Å². The monoisotopic (exact) mass is 272 g/mol. The number of rotatable bonds is 2. The van der Waals surface area contributed by atoms with Crippen LogP contribution in [0, 0.1) is 11.3 Å². The zero-order valence-electron chi connectivity index (χ0n) is 11.1. The van der Waals surface area contributed by atoms with Gasteiger partial charge >= 0.3 is 5.97 Å². The minimum Gasteiger partial charge on any atom is -0.480 e. The maximum Gasteiger partial charge on any atom is 0.325 e. The Morgan fingerprint density at radius 2 is 2.35 bits per heavy atom. The molecule has 1 aliphatic carbocycles. The first-order chi connectivity index (χ1) is 9.53. The van der Waals surface area contributed by atoms with E-state index in [-0.39, 0.29) is 6.54 Å². The van der Waals surface area contributed by atoms with Crippen LogP contribution < -0.4 is 10.6 Å². The number of nitrogens with two attached hydrogens (primary N) is 1. The minimum atomic E-state index is -1.24. The van der Waals surface area contributed by atoms with Crippen molar-refractivity contribution in [3.05, 3.63) is 22.9 Å². The Balaban J connectivity index is 1.96. The molecule has 1 aliphatic heterocycles. The van der Waals surface area contributed by atoms with Gasteiger partial charge in [-0.25, -0.2) is 4.98 Å². The summed E-state index contributed by atoms with van der Waals surface area (Å²) in [4.78, 5) is 17.6. The molecule has 1 aromatic heterocycles. The van der Waals surface area contributed by atoms with Crippen LogP contribution in [0.3, 0.4) is 0 Å². The van der Waals surface area contributed by atoms with Gasteiger partial charge in [0.1, 0.15) is 17.4 Å². The Labute approximate surface area is 116 Å². The van der Waals surface area contributed by atoms with E-state index in [1.54, 1.807) is 0 Å². The van der Waals surface area contributed by atoms with Crippen LogP contribution in [0.4, 0.5) is 5.82 Å². The van der Waals surface area contributed by atoms with E-state index in [4.69, 9.17) is 5.73 Å². The predicted molar refractivity (Wildman–Crippen MR) is 72.4 cm³/mol. The van der Waals surface area contributed by atoms with Crippen molar-refractivity contribution in [1.29, 1.82) is 5.26 Å². The number of nitriles is 1. The molecule has 0 saturated carbocycles. The normalized spacial score (nSPS) is 24.5. The van der Waals surface area contributed by atoms with Crippen molar-refractivity contribution >= 4 is 11.8 Å². The number of hydrogen-bond acceptors (Lipinski definition) is 5. The number of aryl methyl sites for hydroxylation is 2. The Hall–Kier alpha value is -2.13. The number of anilines is 1. The van der Waals surface area contributed by atoms with Gasteiger partial charge in [-0.3, -0.25) is 4.79 Å². The molecule has 0 bridgehead atoms. The molecule has 2 aliphatic rings. The first-order valence-electron chi connectivity index (χ1n) is 6.73. The van der Waals surface area contributed by atoms with Gasteiger partial charge in [0, 0.05) is 18.8 Å². The molecule has 1 aromatic rings. The first kappa shape index (κ1) is 12.9. The van der Waals surface area contributed by atoms with E-state index in [1.807, 2.05) is 11.0 Å². The van der Waals surface area contributed by atoms with Crippen molar-refractivity contribution in [3.63, 3.8) is 0 Å². The van der Waals surface area contributed by atoms with Crippen LogP contribution in [0.1, 0.15) is 29.7 Å². The molecule has 3 rings (SSSR count). The van der Waals surface area contributed by atoms with Crippen molar-refractivity contribution in [2.45, 2.75) is 31.2 Å². The lowest BCUT2D eigenvalue weighted by molar-refractivity contribution is -0.142. The van der Waals surface area contributed by atoms with Crippen LogP contribution >= 0.6 is 0 Å². The number of carbonyl (C=O) groups is 1. The van der Waals surface area contributed by atoms with Gasteiger partial charge in [-0.2, -0.15) is 5.26 Å². The summed E-state index contributed by atoms with van der Waals surface area (Å²) >= 11 is 0. The lowest BCUT2D eigenvalue weighted by Crippen LogP contribution is -2.50. The summed E-state index contributed by atoms with van der Waals surface area (Å²) in [6, 6.07) is 4.06. The summed E-state index contributed by atoms with van der Waals surface area (Å²) in [7, 11) is 0. The lowest BCUT2D eigenvalue weighted by atomic mass is 10.0. The first-order valence-corrected chi connectivity index (χ1v) is 6.73. The zero-order valence-corrected chi connectivity index (χ0v) is 11.1. The molecule has 1 unspecified atom stereocenters. The number of fused-ring (bicyclic) bond motifs is 1. The summed E-state index contributed by atoms with van der Waals surface area (Å²) in [6.45, 7) is 0.714. The highest BCUT2D eigenvalue weighted by Crippen LogP contribution is 2.30. The van der Waals surface area contributed by atoms with E-state index in [1.165, 1.54) is 0 Å². The molecule has 6 nitrogen and oxygen atoms in total. The quantitative estimate of drug-likeness (QED) is 0.809. The van der Waals surface area contributed by atoms with E-state index in [2.05, 4.69) is 11.1 Å². The van der Waals surface area contributed by atoms with Gasteiger partial charge in [0.25, 0.3) is 0 Å². The standard InChI is InChI=1S/C14H16N4O2/c15-7-10-6-9-2-1-3-11(9)17-12(10)18-5-4-14(16,8-18)13(19)20/h6H,1-5,8,16H2,(H,19,20). The molecule has 1 fully saturated rings. The average molecular weight is 272 g/mol. The van der Waals surface area contributed by atoms with E-state index < -0.39 is 11.5 Å². The molecule has 0 radical (unpaired) electrons. The van der Waals surface area contributed by atoms with Crippen molar-refractivity contribution < 1.29 is 9.90 Å². The maximum absolute atomic E-state index is 11.2. The second-order valence-electron chi connectivity index (χ2n) is 5.56. The van der Waals surface area contributed by atoms with Gasteiger partial charge in [0.2, 0.25) is 0 Å². The number of aromatic nitrogens is 1. The molecule has 2 heterocycles. The predicted octanol–water partition coefficient (Wildman–Crippen LogP) is 0.434. The van der Waals surface area contributed by atoms with Crippen molar-refractivity contribution in [2.24, 2.45) is 5.73 Å². The Kier molecular flexibility index (Phi) is 2.87. The highest BCUT2D eigenvalue weighted by Gasteiger charge is 2.42. The molecule has 3 N–H and O–H groups in total. The molecule has 1 atom stereocenters. The third-order valence-corrected chi connectivity index (χ3v) is 4.18. The lowest BCUT2D eigenvalue weighted by Gasteiger charge is -2.22. The fourth-order valence-electron chi connectivity index (χ4n) is 2.97. The second-order valence-corrected chi connectivity index (χ2v) is 5.56. The maximum atomic E-state index is 11.2. The highest BCUT2D eigenvalue weighted by atomic mass is 16.4. The van der Waals surface area contributed by atoms with Gasteiger partial charge in [-0.1, -0.05) is 0 Å². The molecule has 1 saturated heterocycles. The second kappa shape index (κ2) is 4.46. The molecular formula is C14H16N4O2. The van der Waals surface area contributed by atoms with Gasteiger partial charge in [0.05, 0.1) is 5.56 Å². The van der Waals surface area contributed by atoms with Gasteiger partial charge < -0.3 is 15.7 Å². The largest absolute Gasteiger partial charge is 0.480 e. The number of carboxylic acid groups (broad SMARTS) is 1. The summed E-state index contributed by atoms with van der Waals surface area (Å²) in [5, 5.41) is 18.5. The summed E-state index contributed by atoms with van der Waals surface area (Å²) in [5.74, 6) is -0.415. The van der Waals surface area contributed by atoms with Crippen molar-refractivity contribution in [3.8, 4) is 6.07 Å². The van der Waals surface area contributed by atoms with Crippen LogP contribution in [0.25, 0.3) is 0 Å². The van der Waals surface area contributed by atoms with E-state index >= 15 is 0 Å². The molecule has 6 heteroatoms. The Morgan fingerprint density at radius 3 is 3.00 bits per heavy atom. The van der Waals surface area contributed by atoms with Crippen LogP contribution in [-0.4, -0.2) is 34.7 Å². The smallest absolute Gasteiger partial charge is 0.325 e. The minimum absolute atomic E-state index is 0.197. The van der Waals surface area contributed by atoms with Crippen molar-refractivity contribution in [2.75, 3.05) is 18.0 Å².